The molecule has 0 aliphatic heterocycles. The molecule has 2 unspecified atom stereocenters. The van der Waals surface area contributed by atoms with Crippen LogP contribution in [0.2, 0.25) is 0 Å². The van der Waals surface area contributed by atoms with Crippen LogP contribution in [0, 0.1) is 0 Å². The van der Waals surface area contributed by atoms with Gasteiger partial charge in [0.25, 0.3) is 0 Å². The van der Waals surface area contributed by atoms with Crippen molar-refractivity contribution in [3.05, 3.63) is 59.5 Å². The van der Waals surface area contributed by atoms with Gasteiger partial charge in [0, 0.05) is 12.0 Å². The largest absolute Gasteiger partial charge is 0.472 e. The second-order valence-electron chi connectivity index (χ2n) is 4.51. The fourth-order valence-electron chi connectivity index (χ4n) is 2.50. The molecule has 1 aliphatic carbocycles. The first-order valence-electron chi connectivity index (χ1n) is 5.69. The highest BCUT2D eigenvalue weighted by Gasteiger charge is 2.30. The third kappa shape index (κ3) is 1.55. The van der Waals surface area contributed by atoms with Crippen molar-refractivity contribution in [1.29, 1.82) is 0 Å². The Balaban J connectivity index is 1.72. The minimum atomic E-state index is 0.201. The van der Waals surface area contributed by atoms with Crippen molar-refractivity contribution >= 4 is 0 Å². The summed E-state index contributed by atoms with van der Waals surface area (Å²) in [4.78, 5) is 0. The predicted molar refractivity (Wildman–Crippen MR) is 63.3 cm³/mol. The van der Waals surface area contributed by atoms with E-state index < -0.39 is 0 Å². The van der Waals surface area contributed by atoms with E-state index in [2.05, 4.69) is 24.3 Å². The quantitative estimate of drug-likeness (QED) is 0.850. The molecule has 0 radical (unpaired) electrons. The molecule has 0 bridgehead atoms. The molecule has 0 spiro atoms. The van der Waals surface area contributed by atoms with Gasteiger partial charge in [-0.1, -0.05) is 24.3 Å². The molecule has 0 amide bonds. The molecule has 1 aromatic heterocycles. The molecule has 0 fully saturated rings. The summed E-state index contributed by atoms with van der Waals surface area (Å²) in [5.74, 6) is 0.520. The van der Waals surface area contributed by atoms with Gasteiger partial charge in [-0.15, -0.1) is 0 Å². The number of hydrogen-bond acceptors (Lipinski definition) is 2. The Morgan fingerprint density at radius 3 is 2.94 bits per heavy atom. The lowest BCUT2D eigenvalue weighted by molar-refractivity contribution is 0.477. The molecule has 1 aliphatic rings. The molecule has 3 rings (SSSR count). The van der Waals surface area contributed by atoms with Gasteiger partial charge in [0.05, 0.1) is 12.5 Å². The zero-order chi connectivity index (χ0) is 11.0. The summed E-state index contributed by atoms with van der Waals surface area (Å²) in [6, 6.07) is 10.8. The fourth-order valence-corrected chi connectivity index (χ4v) is 2.50. The van der Waals surface area contributed by atoms with Gasteiger partial charge in [-0.05, 0) is 35.6 Å². The Morgan fingerprint density at radius 2 is 2.19 bits per heavy atom. The van der Waals surface area contributed by atoms with Crippen LogP contribution in [-0.2, 0) is 12.8 Å². The van der Waals surface area contributed by atoms with Gasteiger partial charge in [0.1, 0.15) is 0 Å². The normalized spacial score (nSPS) is 19.9. The molecule has 16 heavy (non-hydrogen) atoms. The van der Waals surface area contributed by atoms with Crippen LogP contribution in [-0.4, -0.2) is 6.04 Å². The van der Waals surface area contributed by atoms with Crippen LogP contribution in [0.25, 0.3) is 0 Å². The summed E-state index contributed by atoms with van der Waals surface area (Å²) in [5, 5.41) is 0. The van der Waals surface area contributed by atoms with E-state index in [-0.39, 0.29) is 6.04 Å². The highest BCUT2D eigenvalue weighted by Crippen LogP contribution is 2.37. The van der Waals surface area contributed by atoms with E-state index in [9.17, 15) is 0 Å². The number of hydrogen-bond donors (Lipinski definition) is 1. The molecule has 0 saturated carbocycles. The van der Waals surface area contributed by atoms with Crippen molar-refractivity contribution in [2.45, 2.75) is 24.8 Å². The van der Waals surface area contributed by atoms with Crippen LogP contribution in [0.3, 0.4) is 0 Å². The van der Waals surface area contributed by atoms with Crippen LogP contribution in [0.1, 0.15) is 22.6 Å². The molecular weight excluding hydrogens is 198 g/mol. The Bertz CT molecular complexity index is 475. The van der Waals surface area contributed by atoms with E-state index in [1.165, 1.54) is 16.7 Å². The lowest BCUT2D eigenvalue weighted by atomic mass is 9.72. The SMILES string of the molecule is NC(Cc1ccoc1)C1Cc2ccccc21. The summed E-state index contributed by atoms with van der Waals surface area (Å²) < 4.78 is 5.06. The smallest absolute Gasteiger partial charge is 0.0935 e. The molecular formula is C14H15NO. The van der Waals surface area contributed by atoms with Crippen LogP contribution >= 0.6 is 0 Å². The highest BCUT2D eigenvalue weighted by molar-refractivity contribution is 5.41. The van der Waals surface area contributed by atoms with Gasteiger partial charge in [-0.3, -0.25) is 0 Å². The number of furan rings is 1. The summed E-state index contributed by atoms with van der Waals surface area (Å²) in [5.41, 5.74) is 10.3. The van der Waals surface area contributed by atoms with Gasteiger partial charge in [-0.25, -0.2) is 0 Å². The monoisotopic (exact) mass is 213 g/mol. The molecule has 82 valence electrons. The fraction of sp³-hybridized carbons (Fsp3) is 0.286. The first kappa shape index (κ1) is 9.67. The van der Waals surface area contributed by atoms with Crippen LogP contribution in [0.5, 0.6) is 0 Å². The van der Waals surface area contributed by atoms with Crippen molar-refractivity contribution in [2.24, 2.45) is 5.73 Å². The third-order valence-corrected chi connectivity index (χ3v) is 3.46. The summed E-state index contributed by atoms with van der Waals surface area (Å²) in [6.07, 6.45) is 5.51. The molecule has 2 atom stereocenters. The number of nitrogens with two attached hydrogens (primary N) is 1. The minimum absolute atomic E-state index is 0.201. The van der Waals surface area contributed by atoms with Crippen molar-refractivity contribution in [2.75, 3.05) is 0 Å². The molecule has 2 N–H and O–H groups in total. The summed E-state index contributed by atoms with van der Waals surface area (Å²) in [6.45, 7) is 0. The second kappa shape index (κ2) is 3.80. The van der Waals surface area contributed by atoms with E-state index in [4.69, 9.17) is 10.2 Å². The molecule has 1 aromatic carbocycles. The highest BCUT2D eigenvalue weighted by atomic mass is 16.3. The van der Waals surface area contributed by atoms with Gasteiger partial charge in [0.2, 0.25) is 0 Å². The van der Waals surface area contributed by atoms with Gasteiger partial charge < -0.3 is 10.2 Å². The minimum Gasteiger partial charge on any atom is -0.472 e. The first-order chi connectivity index (χ1) is 7.84. The standard InChI is InChI=1S/C14H15NO/c15-14(7-10-5-6-16-9-10)13-8-11-3-1-2-4-12(11)13/h1-6,9,13-14H,7-8,15H2. The Hall–Kier alpha value is -1.54. The Morgan fingerprint density at radius 1 is 1.31 bits per heavy atom. The number of benzene rings is 1. The van der Waals surface area contributed by atoms with Crippen LogP contribution in [0.15, 0.2) is 47.3 Å². The number of fused-ring (bicyclic) bond motifs is 1. The zero-order valence-corrected chi connectivity index (χ0v) is 9.10. The summed E-state index contributed by atoms with van der Waals surface area (Å²) >= 11 is 0. The molecule has 2 heteroatoms. The maximum Gasteiger partial charge on any atom is 0.0935 e. The molecule has 2 aromatic rings. The summed E-state index contributed by atoms with van der Waals surface area (Å²) in [7, 11) is 0. The van der Waals surface area contributed by atoms with Crippen molar-refractivity contribution in [3.63, 3.8) is 0 Å². The molecule has 2 nitrogen and oxygen atoms in total. The maximum absolute atomic E-state index is 6.24. The van der Waals surface area contributed by atoms with Crippen molar-refractivity contribution in [3.8, 4) is 0 Å². The zero-order valence-electron chi connectivity index (χ0n) is 9.10. The third-order valence-electron chi connectivity index (χ3n) is 3.46. The second-order valence-corrected chi connectivity index (χ2v) is 4.51. The Kier molecular flexibility index (Phi) is 2.29. The molecule has 0 saturated heterocycles. The van der Waals surface area contributed by atoms with E-state index >= 15 is 0 Å². The van der Waals surface area contributed by atoms with Crippen LogP contribution in [0.4, 0.5) is 0 Å². The van der Waals surface area contributed by atoms with Crippen molar-refractivity contribution in [1.82, 2.24) is 0 Å². The van der Waals surface area contributed by atoms with E-state index in [0.717, 1.165) is 12.8 Å². The number of rotatable bonds is 3. The maximum atomic E-state index is 6.24. The van der Waals surface area contributed by atoms with Crippen LogP contribution < -0.4 is 5.73 Å². The topological polar surface area (TPSA) is 39.2 Å². The lowest BCUT2D eigenvalue weighted by Crippen LogP contribution is -2.37. The van der Waals surface area contributed by atoms with Crippen molar-refractivity contribution < 1.29 is 4.42 Å². The van der Waals surface area contributed by atoms with E-state index in [1.54, 1.807) is 12.5 Å². The van der Waals surface area contributed by atoms with Gasteiger partial charge in [0.15, 0.2) is 0 Å². The average Bonchev–Trinajstić information content (AvgIpc) is 2.72. The van der Waals surface area contributed by atoms with E-state index in [1.807, 2.05) is 6.07 Å². The predicted octanol–water partition coefficient (Wildman–Crippen LogP) is 2.49. The van der Waals surface area contributed by atoms with E-state index in [0.29, 0.717) is 5.92 Å². The Labute approximate surface area is 95.1 Å². The molecule has 1 heterocycles. The van der Waals surface area contributed by atoms with Gasteiger partial charge >= 0.3 is 0 Å². The lowest BCUT2D eigenvalue weighted by Gasteiger charge is -2.34. The first-order valence-corrected chi connectivity index (χ1v) is 5.69. The van der Waals surface area contributed by atoms with Gasteiger partial charge in [-0.2, -0.15) is 0 Å². The average molecular weight is 213 g/mol.